The summed E-state index contributed by atoms with van der Waals surface area (Å²) in [5.74, 6) is 1.28. The van der Waals surface area contributed by atoms with E-state index in [1.165, 1.54) is 0 Å². The van der Waals surface area contributed by atoms with Gasteiger partial charge in [0.2, 0.25) is 5.91 Å². The Morgan fingerprint density at radius 2 is 2.40 bits per heavy atom. The molecular formula is C11H16N2O2. The first-order valence-electron chi connectivity index (χ1n) is 5.17. The van der Waals surface area contributed by atoms with Crippen molar-refractivity contribution in [2.45, 2.75) is 13.5 Å². The Morgan fingerprint density at radius 1 is 1.67 bits per heavy atom. The predicted molar refractivity (Wildman–Crippen MR) is 56.3 cm³/mol. The highest BCUT2D eigenvalue weighted by Gasteiger charge is 2.27. The molecule has 1 saturated heterocycles. The Kier molecular flexibility index (Phi) is 2.77. The van der Waals surface area contributed by atoms with Gasteiger partial charge in [-0.05, 0) is 13.0 Å². The number of aryl methyl sites for hydroxylation is 1. The highest BCUT2D eigenvalue weighted by atomic mass is 16.3. The van der Waals surface area contributed by atoms with Crippen molar-refractivity contribution < 1.29 is 9.21 Å². The fourth-order valence-electron chi connectivity index (χ4n) is 1.68. The van der Waals surface area contributed by atoms with E-state index in [-0.39, 0.29) is 11.8 Å². The minimum atomic E-state index is 0.169. The smallest absolute Gasteiger partial charge is 0.228 e. The normalized spacial score (nSPS) is 16.1. The first kappa shape index (κ1) is 10.2. The Labute approximate surface area is 89.2 Å². The van der Waals surface area contributed by atoms with Gasteiger partial charge in [0, 0.05) is 32.2 Å². The molecule has 1 fully saturated rings. The number of carbonyl (C=O) groups is 1. The Hall–Kier alpha value is -1.29. The van der Waals surface area contributed by atoms with Gasteiger partial charge in [0.25, 0.3) is 0 Å². The average molecular weight is 208 g/mol. The number of carbonyl (C=O) groups excluding carboxylic acids is 1. The SMILES string of the molecule is Cc1occc1CN(C)C(=O)C1CNC1. The second-order valence-electron chi connectivity index (χ2n) is 4.05. The van der Waals surface area contributed by atoms with E-state index in [0.29, 0.717) is 6.54 Å². The fourth-order valence-corrected chi connectivity index (χ4v) is 1.68. The molecule has 2 rings (SSSR count). The summed E-state index contributed by atoms with van der Waals surface area (Å²) in [6.45, 7) is 4.18. The third kappa shape index (κ3) is 2.04. The van der Waals surface area contributed by atoms with Gasteiger partial charge in [0.05, 0.1) is 12.2 Å². The summed E-state index contributed by atoms with van der Waals surface area (Å²) in [4.78, 5) is 13.6. The van der Waals surface area contributed by atoms with Crippen LogP contribution in [-0.2, 0) is 11.3 Å². The van der Waals surface area contributed by atoms with E-state index < -0.39 is 0 Å². The number of amides is 1. The summed E-state index contributed by atoms with van der Waals surface area (Å²) < 4.78 is 5.20. The molecule has 4 heteroatoms. The minimum absolute atomic E-state index is 0.169. The van der Waals surface area contributed by atoms with Crippen LogP contribution in [0.25, 0.3) is 0 Å². The van der Waals surface area contributed by atoms with Crippen molar-refractivity contribution in [3.63, 3.8) is 0 Å². The van der Waals surface area contributed by atoms with Crippen LogP contribution in [0.2, 0.25) is 0 Å². The molecule has 0 spiro atoms. The van der Waals surface area contributed by atoms with Gasteiger partial charge in [-0.25, -0.2) is 0 Å². The van der Waals surface area contributed by atoms with Gasteiger partial charge in [-0.15, -0.1) is 0 Å². The molecule has 0 unspecified atom stereocenters. The van der Waals surface area contributed by atoms with Crippen molar-refractivity contribution in [3.05, 3.63) is 23.7 Å². The molecule has 82 valence electrons. The van der Waals surface area contributed by atoms with Gasteiger partial charge in [-0.2, -0.15) is 0 Å². The van der Waals surface area contributed by atoms with Gasteiger partial charge < -0.3 is 14.6 Å². The highest BCUT2D eigenvalue weighted by molar-refractivity contribution is 5.79. The molecule has 4 nitrogen and oxygen atoms in total. The maximum atomic E-state index is 11.8. The summed E-state index contributed by atoms with van der Waals surface area (Å²) in [5, 5.41) is 3.10. The molecule has 1 aromatic heterocycles. The summed E-state index contributed by atoms with van der Waals surface area (Å²) in [5.41, 5.74) is 1.08. The Bertz CT molecular complexity index is 355. The standard InChI is InChI=1S/C11H16N2O2/c1-8-9(3-4-15-8)7-13(2)11(14)10-5-12-6-10/h3-4,10,12H,5-7H2,1-2H3. The molecule has 0 bridgehead atoms. The average Bonchev–Trinajstić information content (AvgIpc) is 2.49. The van der Waals surface area contributed by atoms with Gasteiger partial charge in [-0.1, -0.05) is 0 Å². The summed E-state index contributed by atoms with van der Waals surface area (Å²) in [7, 11) is 1.84. The van der Waals surface area contributed by atoms with E-state index in [4.69, 9.17) is 4.42 Å². The lowest BCUT2D eigenvalue weighted by Crippen LogP contribution is -2.50. The van der Waals surface area contributed by atoms with Crippen molar-refractivity contribution >= 4 is 5.91 Å². The molecule has 0 aliphatic carbocycles. The van der Waals surface area contributed by atoms with Gasteiger partial charge in [-0.3, -0.25) is 4.79 Å². The lowest BCUT2D eigenvalue weighted by atomic mass is 10.0. The zero-order valence-electron chi connectivity index (χ0n) is 9.12. The van der Waals surface area contributed by atoms with Crippen molar-refractivity contribution in [1.29, 1.82) is 0 Å². The van der Waals surface area contributed by atoms with Crippen LogP contribution in [0.1, 0.15) is 11.3 Å². The largest absolute Gasteiger partial charge is 0.469 e. The van der Waals surface area contributed by atoms with Crippen molar-refractivity contribution in [2.24, 2.45) is 5.92 Å². The van der Waals surface area contributed by atoms with Crippen molar-refractivity contribution in [3.8, 4) is 0 Å². The molecule has 1 N–H and O–H groups in total. The van der Waals surface area contributed by atoms with Crippen LogP contribution in [0, 0.1) is 12.8 Å². The summed E-state index contributed by atoms with van der Waals surface area (Å²) in [6.07, 6.45) is 1.66. The highest BCUT2D eigenvalue weighted by Crippen LogP contribution is 2.14. The van der Waals surface area contributed by atoms with E-state index in [1.807, 2.05) is 20.0 Å². The first-order valence-corrected chi connectivity index (χ1v) is 5.17. The molecule has 1 aromatic rings. The van der Waals surface area contributed by atoms with Gasteiger partial charge in [0.1, 0.15) is 5.76 Å². The fraction of sp³-hybridized carbons (Fsp3) is 0.545. The van der Waals surface area contributed by atoms with Crippen LogP contribution < -0.4 is 5.32 Å². The minimum Gasteiger partial charge on any atom is -0.469 e. The third-order valence-electron chi connectivity index (χ3n) is 2.88. The molecular weight excluding hydrogens is 192 g/mol. The van der Waals surface area contributed by atoms with Crippen LogP contribution in [-0.4, -0.2) is 30.9 Å². The van der Waals surface area contributed by atoms with E-state index in [2.05, 4.69) is 5.32 Å². The molecule has 15 heavy (non-hydrogen) atoms. The lowest BCUT2D eigenvalue weighted by Gasteiger charge is -2.30. The number of hydrogen-bond acceptors (Lipinski definition) is 3. The Morgan fingerprint density at radius 3 is 2.87 bits per heavy atom. The van der Waals surface area contributed by atoms with Gasteiger partial charge in [0.15, 0.2) is 0 Å². The number of furan rings is 1. The molecule has 0 saturated carbocycles. The molecule has 1 aliphatic rings. The quantitative estimate of drug-likeness (QED) is 0.798. The third-order valence-corrected chi connectivity index (χ3v) is 2.88. The van der Waals surface area contributed by atoms with E-state index in [0.717, 1.165) is 24.4 Å². The predicted octanol–water partition coefficient (Wildman–Crippen LogP) is 0.766. The molecule has 2 heterocycles. The van der Waals surface area contributed by atoms with Crippen molar-refractivity contribution in [2.75, 3.05) is 20.1 Å². The van der Waals surface area contributed by atoms with Crippen LogP contribution in [0.15, 0.2) is 16.7 Å². The molecule has 1 amide bonds. The Balaban J connectivity index is 1.94. The number of nitrogens with zero attached hydrogens (tertiary/aromatic N) is 1. The topological polar surface area (TPSA) is 45.5 Å². The van der Waals surface area contributed by atoms with Crippen LogP contribution >= 0.6 is 0 Å². The van der Waals surface area contributed by atoms with Crippen molar-refractivity contribution in [1.82, 2.24) is 10.2 Å². The molecule has 1 aliphatic heterocycles. The van der Waals surface area contributed by atoms with E-state index >= 15 is 0 Å². The maximum absolute atomic E-state index is 11.8. The second-order valence-corrected chi connectivity index (χ2v) is 4.05. The monoisotopic (exact) mass is 208 g/mol. The molecule has 0 atom stereocenters. The molecule has 0 radical (unpaired) electrons. The number of nitrogens with one attached hydrogen (secondary N) is 1. The molecule has 0 aromatic carbocycles. The van der Waals surface area contributed by atoms with E-state index in [9.17, 15) is 4.79 Å². The number of hydrogen-bond donors (Lipinski definition) is 1. The zero-order chi connectivity index (χ0) is 10.8. The second kappa shape index (κ2) is 4.06. The van der Waals surface area contributed by atoms with Gasteiger partial charge >= 0.3 is 0 Å². The van der Waals surface area contributed by atoms with Crippen LogP contribution in [0.3, 0.4) is 0 Å². The maximum Gasteiger partial charge on any atom is 0.228 e. The number of rotatable bonds is 3. The lowest BCUT2D eigenvalue weighted by molar-refractivity contribution is -0.136. The van der Waals surface area contributed by atoms with Crippen LogP contribution in [0.4, 0.5) is 0 Å². The zero-order valence-corrected chi connectivity index (χ0v) is 9.12. The van der Waals surface area contributed by atoms with E-state index in [1.54, 1.807) is 11.2 Å². The van der Waals surface area contributed by atoms with Crippen LogP contribution in [0.5, 0.6) is 0 Å². The first-order chi connectivity index (χ1) is 7.18. The summed E-state index contributed by atoms with van der Waals surface area (Å²) >= 11 is 0. The summed E-state index contributed by atoms with van der Waals surface area (Å²) in [6, 6.07) is 1.91.